The topological polar surface area (TPSA) is 92.8 Å². The zero-order valence-corrected chi connectivity index (χ0v) is 11.5. The number of nitrogens with one attached hydrogen (secondary N) is 1. The first-order valence-electron chi connectivity index (χ1n) is 6.27. The first kappa shape index (κ1) is 16.3. The van der Waals surface area contributed by atoms with Crippen molar-refractivity contribution in [1.82, 2.24) is 20.1 Å². The van der Waals surface area contributed by atoms with Gasteiger partial charge in [-0.15, -0.1) is 18.3 Å². The van der Waals surface area contributed by atoms with Crippen LogP contribution in [0.4, 0.5) is 13.2 Å². The van der Waals surface area contributed by atoms with E-state index in [1.807, 2.05) is 0 Å². The van der Waals surface area contributed by atoms with Crippen LogP contribution >= 0.6 is 0 Å². The number of carbonyl (C=O) groups is 1. The molecule has 10 heteroatoms. The van der Waals surface area contributed by atoms with E-state index in [2.05, 4.69) is 20.1 Å². The van der Waals surface area contributed by atoms with Crippen molar-refractivity contribution in [2.45, 2.75) is 19.5 Å². The molecule has 0 aliphatic carbocycles. The van der Waals surface area contributed by atoms with Gasteiger partial charge in [0.05, 0.1) is 0 Å². The average Bonchev–Trinajstić information content (AvgIpc) is 2.92. The van der Waals surface area contributed by atoms with Crippen molar-refractivity contribution in [3.63, 3.8) is 0 Å². The van der Waals surface area contributed by atoms with Crippen molar-refractivity contribution in [3.05, 3.63) is 42.0 Å². The molecule has 120 valence electrons. The van der Waals surface area contributed by atoms with E-state index >= 15 is 0 Å². The number of nitriles is 1. The van der Waals surface area contributed by atoms with E-state index in [0.717, 1.165) is 10.7 Å². The van der Waals surface area contributed by atoms with Crippen molar-refractivity contribution in [2.24, 2.45) is 0 Å². The quantitative estimate of drug-likeness (QED) is 0.896. The minimum atomic E-state index is -4.81. The maximum Gasteiger partial charge on any atom is 0.573 e. The lowest BCUT2D eigenvalue weighted by Crippen LogP contribution is -2.28. The fourth-order valence-corrected chi connectivity index (χ4v) is 1.69. The van der Waals surface area contributed by atoms with Gasteiger partial charge in [0.15, 0.2) is 0 Å². The second kappa shape index (κ2) is 6.78. The lowest BCUT2D eigenvalue weighted by Gasteiger charge is -2.13. The van der Waals surface area contributed by atoms with Gasteiger partial charge in [-0.1, -0.05) is 18.2 Å². The second-order valence-electron chi connectivity index (χ2n) is 4.31. The molecule has 2 rings (SSSR count). The number of para-hydroxylation sites is 1. The Kier molecular flexibility index (Phi) is 4.80. The van der Waals surface area contributed by atoms with Gasteiger partial charge in [-0.05, 0) is 6.07 Å². The molecule has 0 bridgehead atoms. The molecule has 2 aromatic rings. The van der Waals surface area contributed by atoms with E-state index in [4.69, 9.17) is 5.26 Å². The molecule has 0 saturated carbocycles. The van der Waals surface area contributed by atoms with E-state index in [9.17, 15) is 18.0 Å². The summed E-state index contributed by atoms with van der Waals surface area (Å²) in [5.41, 5.74) is 0.175. The molecule has 0 atom stereocenters. The van der Waals surface area contributed by atoms with Crippen LogP contribution in [-0.4, -0.2) is 27.0 Å². The normalized spacial score (nSPS) is 10.9. The Hall–Kier alpha value is -3.09. The number of rotatable bonds is 5. The van der Waals surface area contributed by atoms with Crippen LogP contribution < -0.4 is 10.1 Å². The molecule has 0 radical (unpaired) electrons. The third-order valence-electron chi connectivity index (χ3n) is 2.62. The standard InChI is InChI=1S/C13H10F3N5O2/c14-13(15,16)23-10-4-2-1-3-9(10)6-18-12(22)7-21-8-19-11(5-17)20-21/h1-4,8H,6-7H2,(H,18,22). The minimum Gasteiger partial charge on any atom is -0.405 e. The van der Waals surface area contributed by atoms with Crippen LogP contribution in [0.3, 0.4) is 0 Å². The third kappa shape index (κ3) is 4.99. The van der Waals surface area contributed by atoms with Crippen LogP contribution in [-0.2, 0) is 17.9 Å². The molecular formula is C13H10F3N5O2. The third-order valence-corrected chi connectivity index (χ3v) is 2.62. The Bertz CT molecular complexity index is 736. The van der Waals surface area contributed by atoms with Gasteiger partial charge in [0.1, 0.15) is 24.7 Å². The molecular weight excluding hydrogens is 315 g/mol. The molecule has 0 fully saturated rings. The maximum absolute atomic E-state index is 12.3. The molecule has 1 N–H and O–H groups in total. The van der Waals surface area contributed by atoms with Crippen molar-refractivity contribution in [1.29, 1.82) is 5.26 Å². The van der Waals surface area contributed by atoms with Gasteiger partial charge < -0.3 is 10.1 Å². The number of hydrogen-bond donors (Lipinski definition) is 1. The van der Waals surface area contributed by atoms with Crippen molar-refractivity contribution in [2.75, 3.05) is 0 Å². The van der Waals surface area contributed by atoms with Crippen molar-refractivity contribution in [3.8, 4) is 11.8 Å². The van der Waals surface area contributed by atoms with E-state index < -0.39 is 12.3 Å². The van der Waals surface area contributed by atoms with Gasteiger partial charge in [0, 0.05) is 12.1 Å². The first-order chi connectivity index (χ1) is 10.9. The molecule has 0 aliphatic heterocycles. The van der Waals surface area contributed by atoms with Gasteiger partial charge in [-0.2, -0.15) is 5.26 Å². The monoisotopic (exact) mass is 325 g/mol. The van der Waals surface area contributed by atoms with Crippen LogP contribution in [0.1, 0.15) is 11.4 Å². The number of ether oxygens (including phenoxy) is 1. The molecule has 0 spiro atoms. The number of amides is 1. The predicted molar refractivity (Wildman–Crippen MR) is 69.7 cm³/mol. The number of halogens is 3. The lowest BCUT2D eigenvalue weighted by molar-refractivity contribution is -0.274. The van der Waals surface area contributed by atoms with Crippen LogP contribution in [0.25, 0.3) is 0 Å². The summed E-state index contributed by atoms with van der Waals surface area (Å²) in [5, 5.41) is 14.7. The fourth-order valence-electron chi connectivity index (χ4n) is 1.69. The highest BCUT2D eigenvalue weighted by Crippen LogP contribution is 2.25. The minimum absolute atomic E-state index is 0.0817. The average molecular weight is 325 g/mol. The summed E-state index contributed by atoms with van der Waals surface area (Å²) in [6.07, 6.45) is -3.60. The van der Waals surface area contributed by atoms with Gasteiger partial charge in [0.2, 0.25) is 5.91 Å². The smallest absolute Gasteiger partial charge is 0.405 e. The van der Waals surface area contributed by atoms with Gasteiger partial charge in [0.25, 0.3) is 5.82 Å². The summed E-state index contributed by atoms with van der Waals surface area (Å²) in [6.45, 7) is -0.359. The number of carbonyl (C=O) groups excluding carboxylic acids is 1. The number of benzene rings is 1. The number of nitrogens with zero attached hydrogens (tertiary/aromatic N) is 4. The highest BCUT2D eigenvalue weighted by Gasteiger charge is 2.31. The summed E-state index contributed by atoms with van der Waals surface area (Å²) in [4.78, 5) is 15.4. The van der Waals surface area contributed by atoms with Crippen molar-refractivity contribution < 1.29 is 22.7 Å². The summed E-state index contributed by atoms with van der Waals surface area (Å²) in [6, 6.07) is 7.20. The molecule has 1 aromatic heterocycles. The summed E-state index contributed by atoms with van der Waals surface area (Å²) in [5.74, 6) is -0.962. The Labute approximate surface area is 128 Å². The second-order valence-corrected chi connectivity index (χ2v) is 4.31. The number of aromatic nitrogens is 3. The van der Waals surface area contributed by atoms with E-state index in [0.29, 0.717) is 0 Å². The Morgan fingerprint density at radius 2 is 2.13 bits per heavy atom. The lowest BCUT2D eigenvalue weighted by atomic mass is 10.2. The van der Waals surface area contributed by atoms with Gasteiger partial charge in [-0.3, -0.25) is 4.79 Å². The Morgan fingerprint density at radius 1 is 1.39 bits per heavy atom. The fraction of sp³-hybridized carbons (Fsp3) is 0.231. The highest BCUT2D eigenvalue weighted by molar-refractivity contribution is 5.75. The van der Waals surface area contributed by atoms with E-state index in [1.54, 1.807) is 6.07 Å². The van der Waals surface area contributed by atoms with Gasteiger partial charge >= 0.3 is 6.36 Å². The van der Waals surface area contributed by atoms with Crippen molar-refractivity contribution >= 4 is 5.91 Å². The van der Waals surface area contributed by atoms with Crippen LogP contribution in [0.5, 0.6) is 5.75 Å². The summed E-state index contributed by atoms with van der Waals surface area (Å²) >= 11 is 0. The maximum atomic E-state index is 12.3. The molecule has 23 heavy (non-hydrogen) atoms. The number of hydrogen-bond acceptors (Lipinski definition) is 5. The summed E-state index contributed by atoms with van der Waals surface area (Å²) in [7, 11) is 0. The molecule has 1 aromatic carbocycles. The largest absolute Gasteiger partial charge is 0.573 e. The predicted octanol–water partition coefficient (Wildman–Crippen LogP) is 1.36. The first-order valence-corrected chi connectivity index (χ1v) is 6.27. The molecule has 0 unspecified atom stereocenters. The SMILES string of the molecule is N#Cc1ncn(CC(=O)NCc2ccccc2OC(F)(F)F)n1. The van der Waals surface area contributed by atoms with Gasteiger partial charge in [-0.25, -0.2) is 9.67 Å². The Morgan fingerprint density at radius 3 is 2.78 bits per heavy atom. The molecule has 1 heterocycles. The molecule has 7 nitrogen and oxygen atoms in total. The molecule has 1 amide bonds. The zero-order valence-electron chi connectivity index (χ0n) is 11.5. The van der Waals surface area contributed by atoms with E-state index in [-0.39, 0.29) is 30.2 Å². The Balaban J connectivity index is 1.95. The highest BCUT2D eigenvalue weighted by atomic mass is 19.4. The van der Waals surface area contributed by atoms with Crippen LogP contribution in [0, 0.1) is 11.3 Å². The van der Waals surface area contributed by atoms with Crippen LogP contribution in [0.2, 0.25) is 0 Å². The van der Waals surface area contributed by atoms with Crippen LogP contribution in [0.15, 0.2) is 30.6 Å². The molecule has 0 saturated heterocycles. The zero-order chi connectivity index (χ0) is 16.9. The summed E-state index contributed by atoms with van der Waals surface area (Å²) < 4.78 is 41.9. The van der Waals surface area contributed by atoms with E-state index in [1.165, 1.54) is 24.5 Å². The number of alkyl halides is 3. The molecule has 0 aliphatic rings.